The van der Waals surface area contributed by atoms with Gasteiger partial charge in [-0.3, -0.25) is 14.9 Å². The quantitative estimate of drug-likeness (QED) is 0.438. The Hall–Kier alpha value is -3.36. The lowest BCUT2D eigenvalue weighted by atomic mass is 10.1. The Morgan fingerprint density at radius 1 is 1.17 bits per heavy atom. The summed E-state index contributed by atoms with van der Waals surface area (Å²) >= 11 is 12.0. The van der Waals surface area contributed by atoms with Crippen molar-refractivity contribution in [3.05, 3.63) is 89.9 Å². The maximum atomic E-state index is 11.7. The SMILES string of the molecule is O=c1[nH]c(/C=C/c2cc(Cl)ccc2OCc2cccc(Cl)c2)nc(O)c1[N+](=O)[O-]. The summed E-state index contributed by atoms with van der Waals surface area (Å²) in [6.45, 7) is 0.260. The Morgan fingerprint density at radius 2 is 1.93 bits per heavy atom. The highest BCUT2D eigenvalue weighted by Crippen LogP contribution is 2.26. The van der Waals surface area contributed by atoms with E-state index in [1.807, 2.05) is 12.1 Å². The molecule has 0 aliphatic rings. The van der Waals surface area contributed by atoms with E-state index in [4.69, 9.17) is 27.9 Å². The first kappa shape index (κ1) is 20.4. The van der Waals surface area contributed by atoms with E-state index in [2.05, 4.69) is 9.97 Å². The lowest BCUT2D eigenvalue weighted by Crippen LogP contribution is -2.14. The molecule has 0 radical (unpaired) electrons. The summed E-state index contributed by atoms with van der Waals surface area (Å²) in [5, 5.41) is 21.4. The number of benzene rings is 2. The first-order chi connectivity index (χ1) is 13.8. The van der Waals surface area contributed by atoms with Crippen LogP contribution in [0.5, 0.6) is 11.6 Å². The second-order valence-electron chi connectivity index (χ2n) is 5.81. The van der Waals surface area contributed by atoms with Crippen LogP contribution in [0.15, 0.2) is 47.3 Å². The minimum atomic E-state index is -1.06. The number of hydrogen-bond donors (Lipinski definition) is 2. The van der Waals surface area contributed by atoms with E-state index in [0.29, 0.717) is 21.4 Å². The summed E-state index contributed by atoms with van der Waals surface area (Å²) in [5.41, 5.74) is -0.644. The molecule has 0 aliphatic heterocycles. The monoisotopic (exact) mass is 433 g/mol. The molecule has 0 saturated heterocycles. The molecule has 0 saturated carbocycles. The number of nitro groups is 1. The van der Waals surface area contributed by atoms with Gasteiger partial charge < -0.3 is 14.8 Å². The lowest BCUT2D eigenvalue weighted by Gasteiger charge is -2.10. The van der Waals surface area contributed by atoms with Gasteiger partial charge in [-0.1, -0.05) is 35.3 Å². The van der Waals surface area contributed by atoms with Gasteiger partial charge in [0.15, 0.2) is 0 Å². The fourth-order valence-corrected chi connectivity index (χ4v) is 2.85. The molecule has 1 aromatic heterocycles. The third-order valence-electron chi connectivity index (χ3n) is 3.75. The van der Waals surface area contributed by atoms with Crippen molar-refractivity contribution >= 4 is 41.0 Å². The van der Waals surface area contributed by atoms with Crippen LogP contribution in [0.2, 0.25) is 10.0 Å². The molecule has 1 heterocycles. The van der Waals surface area contributed by atoms with Gasteiger partial charge >= 0.3 is 11.2 Å². The number of ether oxygens (including phenoxy) is 1. The summed E-state index contributed by atoms with van der Waals surface area (Å²) < 4.78 is 5.82. The van der Waals surface area contributed by atoms with E-state index in [9.17, 15) is 20.0 Å². The molecule has 148 valence electrons. The van der Waals surface area contributed by atoms with Gasteiger partial charge in [0.25, 0.3) is 5.88 Å². The van der Waals surface area contributed by atoms with Crippen molar-refractivity contribution in [1.82, 2.24) is 9.97 Å². The van der Waals surface area contributed by atoms with Crippen LogP contribution in [0.3, 0.4) is 0 Å². The minimum Gasteiger partial charge on any atom is -0.488 e. The van der Waals surface area contributed by atoms with Crippen molar-refractivity contribution in [2.24, 2.45) is 0 Å². The highest BCUT2D eigenvalue weighted by molar-refractivity contribution is 6.31. The summed E-state index contributed by atoms with van der Waals surface area (Å²) in [5.74, 6) is -0.542. The molecule has 0 atom stereocenters. The van der Waals surface area contributed by atoms with Crippen molar-refractivity contribution in [2.75, 3.05) is 0 Å². The van der Waals surface area contributed by atoms with E-state index in [1.54, 1.807) is 36.4 Å². The molecule has 0 spiro atoms. The molecule has 0 aliphatic carbocycles. The molecule has 2 aromatic carbocycles. The van der Waals surface area contributed by atoms with Crippen molar-refractivity contribution in [1.29, 1.82) is 0 Å². The number of H-pyrrole nitrogens is 1. The molecule has 3 rings (SSSR count). The number of aromatic hydroxyl groups is 1. The van der Waals surface area contributed by atoms with Gasteiger partial charge in [0.2, 0.25) is 0 Å². The average Bonchev–Trinajstić information content (AvgIpc) is 2.65. The molecule has 8 nitrogen and oxygen atoms in total. The molecular weight excluding hydrogens is 421 g/mol. The van der Waals surface area contributed by atoms with E-state index in [0.717, 1.165) is 5.56 Å². The molecule has 29 heavy (non-hydrogen) atoms. The van der Waals surface area contributed by atoms with Gasteiger partial charge in [-0.2, -0.15) is 4.98 Å². The molecular formula is C19H13Cl2N3O5. The summed E-state index contributed by atoms with van der Waals surface area (Å²) in [7, 11) is 0. The number of halogens is 2. The van der Waals surface area contributed by atoms with Crippen LogP contribution in [0, 0.1) is 10.1 Å². The summed E-state index contributed by atoms with van der Waals surface area (Å²) in [6, 6.07) is 12.2. The Balaban J connectivity index is 1.86. The summed E-state index contributed by atoms with van der Waals surface area (Å²) in [6.07, 6.45) is 2.91. The van der Waals surface area contributed by atoms with Crippen LogP contribution >= 0.6 is 23.2 Å². The van der Waals surface area contributed by atoms with Crippen LogP contribution < -0.4 is 10.3 Å². The second kappa shape index (κ2) is 8.76. The molecule has 0 fully saturated rings. The largest absolute Gasteiger partial charge is 0.488 e. The maximum Gasteiger partial charge on any atom is 0.395 e. The summed E-state index contributed by atoms with van der Waals surface area (Å²) in [4.78, 5) is 27.3. The predicted molar refractivity (Wildman–Crippen MR) is 109 cm³/mol. The van der Waals surface area contributed by atoms with E-state index in [1.165, 1.54) is 6.08 Å². The zero-order chi connectivity index (χ0) is 21.0. The number of aromatic nitrogens is 2. The van der Waals surface area contributed by atoms with Crippen LogP contribution in [0.25, 0.3) is 12.2 Å². The smallest absolute Gasteiger partial charge is 0.395 e. The van der Waals surface area contributed by atoms with E-state index in [-0.39, 0.29) is 12.4 Å². The van der Waals surface area contributed by atoms with Gasteiger partial charge in [-0.25, -0.2) is 0 Å². The first-order valence-electron chi connectivity index (χ1n) is 8.16. The van der Waals surface area contributed by atoms with E-state index < -0.39 is 22.0 Å². The Kier molecular flexibility index (Phi) is 6.16. The van der Waals surface area contributed by atoms with Gasteiger partial charge in [-0.05, 0) is 48.0 Å². The highest BCUT2D eigenvalue weighted by Gasteiger charge is 2.21. The first-order valence-corrected chi connectivity index (χ1v) is 8.91. The van der Waals surface area contributed by atoms with Gasteiger partial charge in [-0.15, -0.1) is 0 Å². The van der Waals surface area contributed by atoms with Gasteiger partial charge in [0.1, 0.15) is 18.2 Å². The lowest BCUT2D eigenvalue weighted by molar-refractivity contribution is -0.387. The Morgan fingerprint density at radius 3 is 2.62 bits per heavy atom. The third-order valence-corrected chi connectivity index (χ3v) is 4.22. The minimum absolute atomic E-state index is 0.0705. The molecule has 3 aromatic rings. The van der Waals surface area contributed by atoms with Crippen LogP contribution in [-0.2, 0) is 6.61 Å². The third kappa shape index (κ3) is 5.13. The Bertz CT molecular complexity index is 1160. The molecule has 0 amide bonds. The van der Waals surface area contributed by atoms with Crippen LogP contribution in [-0.4, -0.2) is 20.0 Å². The topological polar surface area (TPSA) is 118 Å². The molecule has 0 bridgehead atoms. The zero-order valence-corrected chi connectivity index (χ0v) is 16.1. The standard InChI is InChI=1S/C19H13Cl2N3O5/c20-13-3-1-2-11(8-13)10-29-15-6-5-14(21)9-12(15)4-7-16-22-18(25)17(24(27)28)19(26)23-16/h1-9H,10H2,(H2,22,23,25,26)/b7-4+. The zero-order valence-electron chi connectivity index (χ0n) is 14.6. The predicted octanol–water partition coefficient (Wildman–Crippen LogP) is 4.44. The van der Waals surface area contributed by atoms with Crippen molar-refractivity contribution < 1.29 is 14.8 Å². The Labute approximate surface area is 174 Å². The fraction of sp³-hybridized carbons (Fsp3) is 0.0526. The van der Waals surface area contributed by atoms with Crippen molar-refractivity contribution in [3.63, 3.8) is 0 Å². The van der Waals surface area contributed by atoms with Crippen LogP contribution in [0.4, 0.5) is 5.69 Å². The highest BCUT2D eigenvalue weighted by atomic mass is 35.5. The molecule has 10 heteroatoms. The molecule has 2 N–H and O–H groups in total. The second-order valence-corrected chi connectivity index (χ2v) is 6.69. The number of nitrogens with zero attached hydrogens (tertiary/aromatic N) is 2. The number of hydrogen-bond acceptors (Lipinski definition) is 6. The van der Waals surface area contributed by atoms with Gasteiger partial charge in [0.05, 0.1) is 4.92 Å². The van der Waals surface area contributed by atoms with Crippen molar-refractivity contribution in [3.8, 4) is 11.6 Å². The fourth-order valence-electron chi connectivity index (χ4n) is 2.45. The average molecular weight is 434 g/mol. The number of nitrogens with one attached hydrogen (secondary N) is 1. The number of rotatable bonds is 6. The molecule has 0 unspecified atom stereocenters. The van der Waals surface area contributed by atoms with Gasteiger partial charge in [0, 0.05) is 15.6 Å². The van der Waals surface area contributed by atoms with Crippen molar-refractivity contribution in [2.45, 2.75) is 6.61 Å². The number of aromatic amines is 1. The maximum absolute atomic E-state index is 11.7. The van der Waals surface area contributed by atoms with Crippen LogP contribution in [0.1, 0.15) is 17.0 Å². The normalized spacial score (nSPS) is 11.0. The van der Waals surface area contributed by atoms with E-state index >= 15 is 0 Å².